The molecule has 0 saturated carbocycles. The number of benzene rings is 3. The second-order valence-corrected chi connectivity index (χ2v) is 9.77. The molecule has 1 atom stereocenters. The van der Waals surface area contributed by atoms with Crippen LogP contribution in [0.5, 0.6) is 17.2 Å². The second-order valence-electron chi connectivity index (χ2n) is 9.77. The van der Waals surface area contributed by atoms with Gasteiger partial charge < -0.3 is 18.9 Å². The number of esters is 1. The van der Waals surface area contributed by atoms with Gasteiger partial charge in [0.15, 0.2) is 0 Å². The summed E-state index contributed by atoms with van der Waals surface area (Å²) in [5.74, 6) is 2.27. The Balaban J connectivity index is 1.41. The smallest absolute Gasteiger partial charge is 0.306 e. The van der Waals surface area contributed by atoms with Gasteiger partial charge in [-0.05, 0) is 66.3 Å². The van der Waals surface area contributed by atoms with Gasteiger partial charge in [-0.25, -0.2) is 0 Å². The summed E-state index contributed by atoms with van der Waals surface area (Å²) in [6.45, 7) is 7.49. The standard InChI is InChI=1S/C32H38O5/c1-5-8-26(9-6-2)37-28-13-14-29(22(3)16-28)24-11-7-10-23(17-24)20-35-27-12-15-30-25(18-32(33)34-4)21-36-31(30)19-27/h7,10-17,19,25-26H,5-6,8-9,18,20-21H2,1-4H3. The van der Waals surface area contributed by atoms with Gasteiger partial charge in [-0.1, -0.05) is 57.0 Å². The van der Waals surface area contributed by atoms with E-state index in [9.17, 15) is 4.79 Å². The summed E-state index contributed by atoms with van der Waals surface area (Å²) in [5, 5.41) is 0. The van der Waals surface area contributed by atoms with Crippen molar-refractivity contribution >= 4 is 5.97 Å². The largest absolute Gasteiger partial charge is 0.492 e. The summed E-state index contributed by atoms with van der Waals surface area (Å²) in [6, 6.07) is 20.7. The lowest BCUT2D eigenvalue weighted by atomic mass is 9.98. The van der Waals surface area contributed by atoms with Gasteiger partial charge in [0.2, 0.25) is 0 Å². The number of methoxy groups -OCH3 is 1. The zero-order chi connectivity index (χ0) is 26.2. The van der Waals surface area contributed by atoms with Gasteiger partial charge in [0.25, 0.3) is 0 Å². The lowest BCUT2D eigenvalue weighted by Crippen LogP contribution is -2.15. The Labute approximate surface area is 220 Å². The Morgan fingerprint density at radius 2 is 1.78 bits per heavy atom. The van der Waals surface area contributed by atoms with E-state index in [1.807, 2.05) is 18.2 Å². The number of rotatable bonds is 12. The number of hydrogen-bond acceptors (Lipinski definition) is 5. The molecule has 4 rings (SSSR count). The van der Waals surface area contributed by atoms with Crippen molar-refractivity contribution in [2.45, 2.75) is 71.5 Å². The minimum Gasteiger partial charge on any atom is -0.492 e. The summed E-state index contributed by atoms with van der Waals surface area (Å²) in [7, 11) is 1.41. The van der Waals surface area contributed by atoms with Crippen LogP contribution in [0.4, 0.5) is 0 Å². The molecule has 3 aromatic rings. The maximum Gasteiger partial charge on any atom is 0.306 e. The zero-order valence-corrected chi connectivity index (χ0v) is 22.4. The number of carbonyl (C=O) groups excluding carboxylic acids is 1. The van der Waals surface area contributed by atoms with Crippen LogP contribution in [0.2, 0.25) is 0 Å². The first-order valence-electron chi connectivity index (χ1n) is 13.3. The molecule has 0 bridgehead atoms. The summed E-state index contributed by atoms with van der Waals surface area (Å²) < 4.78 is 23.0. The summed E-state index contributed by atoms with van der Waals surface area (Å²) in [6.07, 6.45) is 5.03. The third kappa shape index (κ3) is 6.85. The number of aryl methyl sites for hydroxylation is 1. The predicted octanol–water partition coefficient (Wildman–Crippen LogP) is 7.63. The molecule has 0 amide bonds. The van der Waals surface area contributed by atoms with Gasteiger partial charge in [0.05, 0.1) is 26.2 Å². The van der Waals surface area contributed by atoms with Crippen LogP contribution in [0.3, 0.4) is 0 Å². The van der Waals surface area contributed by atoms with Crippen LogP contribution in [0.1, 0.15) is 68.6 Å². The zero-order valence-electron chi connectivity index (χ0n) is 22.4. The molecule has 5 nitrogen and oxygen atoms in total. The Morgan fingerprint density at radius 1 is 1.00 bits per heavy atom. The van der Waals surface area contributed by atoms with E-state index in [1.165, 1.54) is 18.2 Å². The molecule has 3 aromatic carbocycles. The quantitative estimate of drug-likeness (QED) is 0.238. The molecule has 1 aliphatic rings. The fourth-order valence-corrected chi connectivity index (χ4v) is 4.93. The van der Waals surface area contributed by atoms with Crippen molar-refractivity contribution in [3.63, 3.8) is 0 Å². The predicted molar refractivity (Wildman–Crippen MR) is 146 cm³/mol. The fourth-order valence-electron chi connectivity index (χ4n) is 4.93. The molecule has 0 aliphatic carbocycles. The average molecular weight is 503 g/mol. The van der Waals surface area contributed by atoms with Crippen LogP contribution < -0.4 is 14.2 Å². The molecule has 1 unspecified atom stereocenters. The summed E-state index contributed by atoms with van der Waals surface area (Å²) >= 11 is 0. The lowest BCUT2D eigenvalue weighted by Gasteiger charge is -2.19. The maximum absolute atomic E-state index is 11.7. The first-order valence-corrected chi connectivity index (χ1v) is 13.3. The molecule has 5 heteroatoms. The van der Waals surface area contributed by atoms with E-state index in [0.717, 1.165) is 59.6 Å². The topological polar surface area (TPSA) is 54.0 Å². The molecule has 196 valence electrons. The van der Waals surface area contributed by atoms with Gasteiger partial charge >= 0.3 is 5.97 Å². The van der Waals surface area contributed by atoms with Gasteiger partial charge in [-0.3, -0.25) is 4.79 Å². The Kier molecular flexibility index (Phi) is 9.10. The Bertz CT molecular complexity index is 1200. The molecule has 0 N–H and O–H groups in total. The van der Waals surface area contributed by atoms with E-state index in [4.69, 9.17) is 18.9 Å². The molecule has 37 heavy (non-hydrogen) atoms. The van der Waals surface area contributed by atoms with Gasteiger partial charge in [0, 0.05) is 17.5 Å². The van der Waals surface area contributed by atoms with Crippen LogP contribution in [0.25, 0.3) is 11.1 Å². The minimum absolute atomic E-state index is 0.0254. The molecule has 0 radical (unpaired) electrons. The highest BCUT2D eigenvalue weighted by molar-refractivity contribution is 5.71. The number of ether oxygens (including phenoxy) is 4. The summed E-state index contributed by atoms with van der Waals surface area (Å²) in [4.78, 5) is 11.7. The number of hydrogen-bond donors (Lipinski definition) is 0. The van der Waals surface area contributed by atoms with Crippen molar-refractivity contribution in [3.8, 4) is 28.4 Å². The van der Waals surface area contributed by atoms with Crippen molar-refractivity contribution in [3.05, 3.63) is 77.4 Å². The van der Waals surface area contributed by atoms with Gasteiger partial charge in [0.1, 0.15) is 23.9 Å². The van der Waals surface area contributed by atoms with Crippen LogP contribution >= 0.6 is 0 Å². The minimum atomic E-state index is -0.226. The molecule has 1 heterocycles. The highest BCUT2D eigenvalue weighted by atomic mass is 16.5. The van der Waals surface area contributed by atoms with E-state index in [2.05, 4.69) is 63.2 Å². The van der Waals surface area contributed by atoms with E-state index < -0.39 is 0 Å². The van der Waals surface area contributed by atoms with Crippen molar-refractivity contribution < 1.29 is 23.7 Å². The van der Waals surface area contributed by atoms with Gasteiger partial charge in [-0.15, -0.1) is 0 Å². The lowest BCUT2D eigenvalue weighted by molar-refractivity contribution is -0.141. The SMILES string of the molecule is CCCC(CCC)Oc1ccc(-c2cccc(COc3ccc4c(c3)OCC4CC(=O)OC)c2)c(C)c1. The first-order chi connectivity index (χ1) is 18.0. The normalized spacial score (nSPS) is 14.2. The van der Waals surface area contributed by atoms with Crippen LogP contribution in [0.15, 0.2) is 60.7 Å². The van der Waals surface area contributed by atoms with Crippen molar-refractivity contribution in [2.75, 3.05) is 13.7 Å². The number of carbonyl (C=O) groups is 1. The monoisotopic (exact) mass is 502 g/mol. The first kappa shape index (κ1) is 26.6. The van der Waals surface area contributed by atoms with Crippen LogP contribution in [-0.4, -0.2) is 25.8 Å². The third-order valence-corrected chi connectivity index (χ3v) is 6.87. The molecule has 0 spiro atoms. The van der Waals surface area contributed by atoms with E-state index in [-0.39, 0.29) is 18.0 Å². The van der Waals surface area contributed by atoms with E-state index in [0.29, 0.717) is 19.6 Å². The summed E-state index contributed by atoms with van der Waals surface area (Å²) in [5.41, 5.74) is 5.66. The highest BCUT2D eigenvalue weighted by Gasteiger charge is 2.27. The molecular formula is C32H38O5. The van der Waals surface area contributed by atoms with Crippen LogP contribution in [0, 0.1) is 6.92 Å². The molecule has 0 fully saturated rings. The van der Waals surface area contributed by atoms with E-state index in [1.54, 1.807) is 0 Å². The Hall–Kier alpha value is -3.47. The van der Waals surface area contributed by atoms with Crippen molar-refractivity contribution in [2.24, 2.45) is 0 Å². The van der Waals surface area contributed by atoms with Gasteiger partial charge in [-0.2, -0.15) is 0 Å². The number of fused-ring (bicyclic) bond motifs is 1. The maximum atomic E-state index is 11.7. The molecule has 1 aliphatic heterocycles. The average Bonchev–Trinajstić information content (AvgIpc) is 3.29. The molecule has 0 aromatic heterocycles. The molecular weight excluding hydrogens is 464 g/mol. The third-order valence-electron chi connectivity index (χ3n) is 6.87. The van der Waals surface area contributed by atoms with Crippen molar-refractivity contribution in [1.29, 1.82) is 0 Å². The molecule has 0 saturated heterocycles. The van der Waals surface area contributed by atoms with Crippen LogP contribution in [-0.2, 0) is 16.1 Å². The van der Waals surface area contributed by atoms with E-state index >= 15 is 0 Å². The Morgan fingerprint density at radius 3 is 2.51 bits per heavy atom. The second kappa shape index (κ2) is 12.7. The fraction of sp³-hybridized carbons (Fsp3) is 0.406. The van der Waals surface area contributed by atoms with Crippen molar-refractivity contribution in [1.82, 2.24) is 0 Å². The highest BCUT2D eigenvalue weighted by Crippen LogP contribution is 2.38.